The van der Waals surface area contributed by atoms with E-state index >= 15 is 0 Å². The highest BCUT2D eigenvalue weighted by Gasteiger charge is 2.30. The van der Waals surface area contributed by atoms with Gasteiger partial charge in [-0.05, 0) is 29.8 Å². The summed E-state index contributed by atoms with van der Waals surface area (Å²) in [7, 11) is 1.55. The summed E-state index contributed by atoms with van der Waals surface area (Å²) >= 11 is 0. The Hall–Kier alpha value is -3.10. The van der Waals surface area contributed by atoms with E-state index in [0.29, 0.717) is 30.2 Å². The van der Waals surface area contributed by atoms with Gasteiger partial charge in [-0.3, -0.25) is 14.8 Å². The lowest BCUT2D eigenvalue weighted by Crippen LogP contribution is -2.41. The van der Waals surface area contributed by atoms with E-state index in [-0.39, 0.29) is 12.5 Å². The summed E-state index contributed by atoms with van der Waals surface area (Å²) < 4.78 is 38.2. The molecule has 2 aromatic rings. The van der Waals surface area contributed by atoms with Crippen LogP contribution >= 0.6 is 0 Å². The van der Waals surface area contributed by atoms with Crippen LogP contribution in [0.5, 0.6) is 0 Å². The van der Waals surface area contributed by atoms with E-state index in [4.69, 9.17) is 0 Å². The Kier molecular flexibility index (Phi) is 7.16. The fraction of sp³-hybridized carbons (Fsp3) is 0.278. The lowest BCUT2D eigenvalue weighted by atomic mass is 10.1. The van der Waals surface area contributed by atoms with Crippen LogP contribution in [0.25, 0.3) is 0 Å². The molecule has 1 aromatic carbocycles. The fourth-order valence-electron chi connectivity index (χ4n) is 2.22. The zero-order valence-electron chi connectivity index (χ0n) is 14.7. The van der Waals surface area contributed by atoms with Gasteiger partial charge in [-0.15, -0.1) is 0 Å². The van der Waals surface area contributed by atoms with Crippen molar-refractivity contribution in [1.29, 1.82) is 0 Å². The van der Waals surface area contributed by atoms with Gasteiger partial charge in [0, 0.05) is 39.1 Å². The van der Waals surface area contributed by atoms with Crippen molar-refractivity contribution in [2.75, 3.05) is 20.1 Å². The van der Waals surface area contributed by atoms with Gasteiger partial charge in [0.05, 0.1) is 11.1 Å². The highest BCUT2D eigenvalue weighted by Crippen LogP contribution is 2.29. The number of aromatic nitrogens is 1. The average Bonchev–Trinajstić information content (AvgIpc) is 2.67. The molecule has 2 rings (SSSR count). The molecule has 0 bridgehead atoms. The first-order chi connectivity index (χ1) is 12.9. The molecular formula is C18H20F3N5O. The molecule has 0 atom stereocenters. The third-order valence-corrected chi connectivity index (χ3v) is 3.56. The number of benzene rings is 1. The molecule has 9 heteroatoms. The molecule has 0 unspecified atom stereocenters. The summed E-state index contributed by atoms with van der Waals surface area (Å²) in [6.07, 6.45) is -1.32. The predicted octanol–water partition coefficient (Wildman–Crippen LogP) is 2.20. The summed E-state index contributed by atoms with van der Waals surface area (Å²) in [4.78, 5) is 19.7. The van der Waals surface area contributed by atoms with E-state index < -0.39 is 11.7 Å². The number of guanidine groups is 1. The zero-order chi connectivity index (χ0) is 19.7. The second kappa shape index (κ2) is 9.56. The van der Waals surface area contributed by atoms with Crippen LogP contribution in [-0.2, 0) is 12.7 Å². The Morgan fingerprint density at radius 1 is 1.11 bits per heavy atom. The quantitative estimate of drug-likeness (QED) is 0.409. The van der Waals surface area contributed by atoms with Gasteiger partial charge in [0.15, 0.2) is 5.96 Å². The minimum Gasteiger partial charge on any atom is -0.355 e. The molecule has 0 fully saturated rings. The number of aliphatic imine (C=N–C) groups is 1. The molecule has 27 heavy (non-hydrogen) atoms. The third-order valence-electron chi connectivity index (χ3n) is 3.56. The Labute approximate surface area is 154 Å². The van der Waals surface area contributed by atoms with E-state index in [1.165, 1.54) is 12.3 Å². The monoisotopic (exact) mass is 379 g/mol. The van der Waals surface area contributed by atoms with Gasteiger partial charge in [0.25, 0.3) is 5.91 Å². The van der Waals surface area contributed by atoms with Crippen LogP contribution in [0.2, 0.25) is 0 Å². The first-order valence-electron chi connectivity index (χ1n) is 8.19. The summed E-state index contributed by atoms with van der Waals surface area (Å²) in [5.74, 6) is 0.180. The third kappa shape index (κ3) is 6.61. The largest absolute Gasteiger partial charge is 0.416 e. The average molecular weight is 379 g/mol. The molecule has 1 heterocycles. The van der Waals surface area contributed by atoms with Crippen LogP contribution in [0.15, 0.2) is 53.8 Å². The molecule has 0 aliphatic rings. The predicted molar refractivity (Wildman–Crippen MR) is 96.2 cm³/mol. The number of nitrogens with one attached hydrogen (secondary N) is 3. The molecule has 0 aliphatic heterocycles. The number of carbonyl (C=O) groups is 1. The highest BCUT2D eigenvalue weighted by molar-refractivity contribution is 5.93. The molecule has 0 radical (unpaired) electrons. The van der Waals surface area contributed by atoms with Gasteiger partial charge in [-0.2, -0.15) is 13.2 Å². The maximum Gasteiger partial charge on any atom is 0.416 e. The molecule has 0 spiro atoms. The number of pyridine rings is 1. The number of hydrogen-bond donors (Lipinski definition) is 3. The lowest BCUT2D eigenvalue weighted by Gasteiger charge is -2.13. The maximum absolute atomic E-state index is 12.7. The van der Waals surface area contributed by atoms with E-state index in [1.807, 2.05) is 0 Å². The molecule has 0 saturated carbocycles. The van der Waals surface area contributed by atoms with Crippen LogP contribution in [0.1, 0.15) is 21.5 Å². The molecule has 3 N–H and O–H groups in total. The normalized spacial score (nSPS) is 11.8. The van der Waals surface area contributed by atoms with Crippen molar-refractivity contribution < 1.29 is 18.0 Å². The van der Waals surface area contributed by atoms with E-state index in [2.05, 4.69) is 25.9 Å². The minimum absolute atomic E-state index is 0.186. The number of carbonyl (C=O) groups excluding carboxylic acids is 1. The first kappa shape index (κ1) is 20.2. The Balaban J connectivity index is 1.76. The summed E-state index contributed by atoms with van der Waals surface area (Å²) in [6.45, 7) is 0.928. The minimum atomic E-state index is -4.37. The number of amides is 1. The fourth-order valence-corrected chi connectivity index (χ4v) is 2.22. The number of nitrogens with zero attached hydrogens (tertiary/aromatic N) is 2. The Morgan fingerprint density at radius 3 is 2.56 bits per heavy atom. The Morgan fingerprint density at radius 2 is 1.89 bits per heavy atom. The molecule has 144 valence electrons. The van der Waals surface area contributed by atoms with Gasteiger partial charge in [0.1, 0.15) is 0 Å². The lowest BCUT2D eigenvalue weighted by molar-refractivity contribution is -0.137. The molecule has 1 amide bonds. The first-order valence-corrected chi connectivity index (χ1v) is 8.19. The van der Waals surface area contributed by atoms with Crippen molar-refractivity contribution in [3.05, 3.63) is 65.5 Å². The second-order valence-corrected chi connectivity index (χ2v) is 5.55. The van der Waals surface area contributed by atoms with Crippen molar-refractivity contribution in [1.82, 2.24) is 20.9 Å². The number of rotatable bonds is 6. The van der Waals surface area contributed by atoms with Crippen LogP contribution in [0.4, 0.5) is 13.2 Å². The summed E-state index contributed by atoms with van der Waals surface area (Å²) in [5, 5.41) is 8.64. The van der Waals surface area contributed by atoms with Gasteiger partial charge in [-0.25, -0.2) is 0 Å². The summed E-state index contributed by atoms with van der Waals surface area (Å²) in [6, 6.07) is 8.42. The van der Waals surface area contributed by atoms with E-state index in [1.54, 1.807) is 31.4 Å². The molecule has 6 nitrogen and oxygen atoms in total. The van der Waals surface area contributed by atoms with Crippen LogP contribution in [-0.4, -0.2) is 37.0 Å². The van der Waals surface area contributed by atoms with Gasteiger partial charge in [0.2, 0.25) is 0 Å². The standard InChI is InChI=1S/C18H20F3N5O/c1-22-17(25-9-8-24-16(27)14-5-3-7-23-12-14)26-11-13-4-2-6-15(10-13)18(19,20)21/h2-7,10,12H,8-9,11H2,1H3,(H,24,27)(H2,22,25,26). The molecule has 0 aliphatic carbocycles. The molecule has 1 aromatic heterocycles. The van der Waals surface area contributed by atoms with Crippen molar-refractivity contribution >= 4 is 11.9 Å². The van der Waals surface area contributed by atoms with Gasteiger partial charge >= 0.3 is 6.18 Å². The van der Waals surface area contributed by atoms with Crippen LogP contribution < -0.4 is 16.0 Å². The second-order valence-electron chi connectivity index (χ2n) is 5.55. The number of alkyl halides is 3. The highest BCUT2D eigenvalue weighted by atomic mass is 19.4. The number of hydrogen-bond acceptors (Lipinski definition) is 3. The maximum atomic E-state index is 12.7. The van der Waals surface area contributed by atoms with E-state index in [0.717, 1.165) is 12.1 Å². The topological polar surface area (TPSA) is 78.4 Å². The van der Waals surface area contributed by atoms with Crippen molar-refractivity contribution in [2.45, 2.75) is 12.7 Å². The molecule has 0 saturated heterocycles. The molecular weight excluding hydrogens is 359 g/mol. The van der Waals surface area contributed by atoms with Crippen molar-refractivity contribution in [3.8, 4) is 0 Å². The Bertz CT molecular complexity index is 778. The van der Waals surface area contributed by atoms with E-state index in [9.17, 15) is 18.0 Å². The zero-order valence-corrected chi connectivity index (χ0v) is 14.7. The smallest absolute Gasteiger partial charge is 0.355 e. The van der Waals surface area contributed by atoms with Crippen molar-refractivity contribution in [2.24, 2.45) is 4.99 Å². The van der Waals surface area contributed by atoms with Crippen molar-refractivity contribution in [3.63, 3.8) is 0 Å². The van der Waals surface area contributed by atoms with Crippen LogP contribution in [0, 0.1) is 0 Å². The van der Waals surface area contributed by atoms with Gasteiger partial charge < -0.3 is 16.0 Å². The number of halogens is 3. The van der Waals surface area contributed by atoms with Crippen LogP contribution in [0.3, 0.4) is 0 Å². The SMILES string of the molecule is CN=C(NCCNC(=O)c1cccnc1)NCc1cccc(C(F)(F)F)c1. The van der Waals surface area contributed by atoms with Gasteiger partial charge in [-0.1, -0.05) is 12.1 Å². The summed E-state index contributed by atoms with van der Waals surface area (Å²) in [5.41, 5.74) is 0.255.